The Balaban J connectivity index is 2.25. The lowest BCUT2D eigenvalue weighted by Gasteiger charge is -2.30. The van der Waals surface area contributed by atoms with Crippen LogP contribution in [0.5, 0.6) is 5.75 Å². The third kappa shape index (κ3) is 3.32. The summed E-state index contributed by atoms with van der Waals surface area (Å²) in [4.78, 5) is 14.3. The zero-order valence-corrected chi connectivity index (χ0v) is 13.6. The molecule has 1 aromatic carbocycles. The fourth-order valence-corrected chi connectivity index (χ4v) is 2.74. The highest BCUT2D eigenvalue weighted by Gasteiger charge is 2.24. The number of piperidine rings is 1. The number of carbonyl (C=O) groups excluding carboxylic acids is 1. The Labute approximate surface area is 131 Å². The average molecular weight is 395 g/mol. The van der Waals surface area contributed by atoms with Crippen molar-refractivity contribution >= 4 is 40.1 Å². The van der Waals surface area contributed by atoms with Crippen LogP contribution >= 0.6 is 34.2 Å². The van der Waals surface area contributed by atoms with Crippen molar-refractivity contribution in [2.75, 3.05) is 20.2 Å². The zero-order valence-electron chi connectivity index (χ0n) is 10.7. The van der Waals surface area contributed by atoms with Crippen molar-refractivity contribution in [3.8, 4) is 5.75 Å². The first-order valence-electron chi connectivity index (χ1n) is 6.11. The van der Waals surface area contributed by atoms with Gasteiger partial charge in [-0.15, -0.1) is 0 Å². The molecular formula is C13H16ClIN2O2. The van der Waals surface area contributed by atoms with Gasteiger partial charge in [-0.1, -0.05) is 11.6 Å². The molecule has 0 atom stereocenters. The second kappa shape index (κ2) is 6.28. The molecule has 1 aliphatic rings. The molecule has 0 radical (unpaired) electrons. The molecule has 2 rings (SSSR count). The number of methoxy groups -OCH3 is 1. The lowest BCUT2D eigenvalue weighted by molar-refractivity contribution is 0.0711. The third-order valence-electron chi connectivity index (χ3n) is 3.30. The van der Waals surface area contributed by atoms with Crippen molar-refractivity contribution in [2.24, 2.45) is 5.73 Å². The van der Waals surface area contributed by atoms with Crippen LogP contribution in [0.25, 0.3) is 0 Å². The minimum Gasteiger partial charge on any atom is -0.496 e. The fraction of sp³-hybridized carbons (Fsp3) is 0.462. The van der Waals surface area contributed by atoms with Crippen molar-refractivity contribution in [1.82, 2.24) is 4.90 Å². The van der Waals surface area contributed by atoms with E-state index < -0.39 is 0 Å². The Morgan fingerprint density at radius 3 is 2.68 bits per heavy atom. The van der Waals surface area contributed by atoms with Gasteiger partial charge < -0.3 is 15.4 Å². The predicted octanol–water partition coefficient (Wildman–Crippen LogP) is 2.52. The Kier molecular flexibility index (Phi) is 4.92. The van der Waals surface area contributed by atoms with E-state index in [0.29, 0.717) is 29.4 Å². The molecule has 0 bridgehead atoms. The zero-order chi connectivity index (χ0) is 14.0. The minimum absolute atomic E-state index is 0.0398. The molecule has 1 heterocycles. The van der Waals surface area contributed by atoms with Gasteiger partial charge in [0.25, 0.3) is 5.91 Å². The summed E-state index contributed by atoms with van der Waals surface area (Å²) in [5.41, 5.74) is 6.37. The van der Waals surface area contributed by atoms with Crippen LogP contribution < -0.4 is 10.5 Å². The molecule has 19 heavy (non-hydrogen) atoms. The number of rotatable bonds is 2. The van der Waals surface area contributed by atoms with E-state index in [9.17, 15) is 4.79 Å². The van der Waals surface area contributed by atoms with E-state index in [1.165, 1.54) is 0 Å². The smallest absolute Gasteiger partial charge is 0.257 e. The normalized spacial score (nSPS) is 16.5. The highest BCUT2D eigenvalue weighted by Crippen LogP contribution is 2.29. The molecule has 1 saturated heterocycles. The van der Waals surface area contributed by atoms with Crippen molar-refractivity contribution in [1.29, 1.82) is 0 Å². The van der Waals surface area contributed by atoms with Gasteiger partial charge in [0.2, 0.25) is 0 Å². The Morgan fingerprint density at radius 1 is 1.47 bits per heavy atom. The Morgan fingerprint density at radius 2 is 2.11 bits per heavy atom. The lowest BCUT2D eigenvalue weighted by Crippen LogP contribution is -2.42. The van der Waals surface area contributed by atoms with E-state index >= 15 is 0 Å². The SMILES string of the molecule is COc1cc(I)c(Cl)cc1C(=O)N1CCC(N)CC1. The number of hydrogen-bond acceptors (Lipinski definition) is 3. The number of halogens is 2. The van der Waals surface area contributed by atoms with E-state index in [-0.39, 0.29) is 11.9 Å². The van der Waals surface area contributed by atoms with E-state index in [2.05, 4.69) is 22.6 Å². The number of ether oxygens (including phenoxy) is 1. The summed E-state index contributed by atoms with van der Waals surface area (Å²) in [6.07, 6.45) is 1.68. The van der Waals surface area contributed by atoms with Gasteiger partial charge in [-0.25, -0.2) is 0 Å². The van der Waals surface area contributed by atoms with Gasteiger partial charge in [0.05, 0.1) is 17.7 Å². The van der Waals surface area contributed by atoms with Crippen molar-refractivity contribution in [3.63, 3.8) is 0 Å². The number of amides is 1. The largest absolute Gasteiger partial charge is 0.496 e. The monoisotopic (exact) mass is 394 g/mol. The topological polar surface area (TPSA) is 55.6 Å². The maximum atomic E-state index is 12.5. The molecule has 4 nitrogen and oxygen atoms in total. The molecule has 0 saturated carbocycles. The standard InChI is InChI=1S/C13H16ClIN2O2/c1-19-12-7-11(15)10(14)6-9(12)13(18)17-4-2-8(16)3-5-17/h6-8H,2-5,16H2,1H3. The third-order valence-corrected chi connectivity index (χ3v) is 4.82. The number of nitrogens with two attached hydrogens (primary N) is 1. The van der Waals surface area contributed by atoms with Crippen molar-refractivity contribution < 1.29 is 9.53 Å². The molecule has 1 aliphatic heterocycles. The van der Waals surface area contributed by atoms with Gasteiger partial charge in [-0.3, -0.25) is 4.79 Å². The Hall–Kier alpha value is -0.530. The average Bonchev–Trinajstić information content (AvgIpc) is 2.41. The van der Waals surface area contributed by atoms with Crippen LogP contribution in [0.15, 0.2) is 12.1 Å². The molecule has 0 aromatic heterocycles. The molecule has 6 heteroatoms. The van der Waals surface area contributed by atoms with E-state index in [1.807, 2.05) is 4.90 Å². The number of hydrogen-bond donors (Lipinski definition) is 1. The van der Waals surface area contributed by atoms with Crippen LogP contribution in [-0.2, 0) is 0 Å². The van der Waals surface area contributed by atoms with Gasteiger partial charge in [-0.05, 0) is 47.6 Å². The summed E-state index contributed by atoms with van der Waals surface area (Å²) in [5.74, 6) is 0.524. The second-order valence-electron chi connectivity index (χ2n) is 4.60. The van der Waals surface area contributed by atoms with Crippen LogP contribution in [-0.4, -0.2) is 37.0 Å². The first kappa shape index (κ1) is 14.9. The number of carbonyl (C=O) groups is 1. The van der Waals surface area contributed by atoms with Crippen molar-refractivity contribution in [2.45, 2.75) is 18.9 Å². The van der Waals surface area contributed by atoms with Crippen LogP contribution in [0.4, 0.5) is 0 Å². The van der Waals surface area contributed by atoms with E-state index in [0.717, 1.165) is 16.4 Å². The molecule has 1 amide bonds. The summed E-state index contributed by atoms with van der Waals surface area (Å²) < 4.78 is 6.15. The van der Waals surface area contributed by atoms with Gasteiger partial charge in [0, 0.05) is 22.7 Å². The van der Waals surface area contributed by atoms with Crippen LogP contribution in [0.1, 0.15) is 23.2 Å². The van der Waals surface area contributed by atoms with Gasteiger partial charge in [0.1, 0.15) is 5.75 Å². The first-order valence-corrected chi connectivity index (χ1v) is 7.56. The van der Waals surface area contributed by atoms with Gasteiger partial charge in [0.15, 0.2) is 0 Å². The summed E-state index contributed by atoms with van der Waals surface area (Å²) in [5, 5.41) is 0.568. The van der Waals surface area contributed by atoms with Crippen LogP contribution in [0.2, 0.25) is 5.02 Å². The van der Waals surface area contributed by atoms with Crippen molar-refractivity contribution in [3.05, 3.63) is 26.3 Å². The lowest BCUT2D eigenvalue weighted by atomic mass is 10.0. The molecule has 0 spiro atoms. The number of nitrogens with zero attached hydrogens (tertiary/aromatic N) is 1. The number of likely N-dealkylation sites (tertiary alicyclic amines) is 1. The summed E-state index contributed by atoms with van der Waals surface area (Å²) >= 11 is 8.21. The second-order valence-corrected chi connectivity index (χ2v) is 6.17. The highest BCUT2D eigenvalue weighted by molar-refractivity contribution is 14.1. The maximum absolute atomic E-state index is 12.5. The highest BCUT2D eigenvalue weighted by atomic mass is 127. The first-order chi connectivity index (χ1) is 9.02. The predicted molar refractivity (Wildman–Crippen MR) is 83.8 cm³/mol. The van der Waals surface area contributed by atoms with Gasteiger partial charge >= 0.3 is 0 Å². The molecule has 0 unspecified atom stereocenters. The molecular weight excluding hydrogens is 379 g/mol. The van der Waals surface area contributed by atoms with Crippen LogP contribution in [0, 0.1) is 3.57 Å². The summed E-state index contributed by atoms with van der Waals surface area (Å²) in [6.45, 7) is 1.37. The van der Waals surface area contributed by atoms with Gasteiger partial charge in [-0.2, -0.15) is 0 Å². The molecule has 0 aliphatic carbocycles. The maximum Gasteiger partial charge on any atom is 0.257 e. The van der Waals surface area contributed by atoms with E-state index in [4.69, 9.17) is 22.1 Å². The fourth-order valence-electron chi connectivity index (χ4n) is 2.14. The summed E-state index contributed by atoms with van der Waals surface area (Å²) in [7, 11) is 1.56. The molecule has 1 aromatic rings. The quantitative estimate of drug-likeness (QED) is 0.784. The summed E-state index contributed by atoms with van der Waals surface area (Å²) in [6, 6.07) is 3.66. The van der Waals surface area contributed by atoms with Crippen LogP contribution in [0.3, 0.4) is 0 Å². The Bertz CT molecular complexity index is 488. The molecule has 104 valence electrons. The number of benzene rings is 1. The molecule has 1 fully saturated rings. The molecule has 2 N–H and O–H groups in total. The van der Waals surface area contributed by atoms with E-state index in [1.54, 1.807) is 19.2 Å². The minimum atomic E-state index is -0.0398.